The van der Waals surface area contributed by atoms with Crippen molar-refractivity contribution in [1.82, 2.24) is 5.32 Å². The van der Waals surface area contributed by atoms with Crippen LogP contribution in [0.4, 0.5) is 0 Å². The van der Waals surface area contributed by atoms with E-state index in [1.807, 2.05) is 30.3 Å². The molecule has 0 aliphatic carbocycles. The van der Waals surface area contributed by atoms with Crippen LogP contribution in [0.1, 0.15) is 34.4 Å². The molecule has 1 amide bonds. The summed E-state index contributed by atoms with van der Waals surface area (Å²) in [6.07, 6.45) is -0.145. The number of furan rings is 1. The first kappa shape index (κ1) is 15.3. The van der Waals surface area contributed by atoms with Crippen LogP contribution in [0, 0.1) is 0 Å². The maximum absolute atomic E-state index is 11.9. The van der Waals surface area contributed by atoms with Gasteiger partial charge in [0.2, 0.25) is 0 Å². The second kappa shape index (κ2) is 7.61. The second-order valence-electron chi connectivity index (χ2n) is 4.67. The Morgan fingerprint density at radius 3 is 2.76 bits per heavy atom. The van der Waals surface area contributed by atoms with E-state index in [0.717, 1.165) is 5.56 Å². The van der Waals surface area contributed by atoms with Gasteiger partial charge in [0, 0.05) is 13.7 Å². The van der Waals surface area contributed by atoms with Crippen molar-refractivity contribution >= 4 is 5.91 Å². The van der Waals surface area contributed by atoms with Crippen molar-refractivity contribution in [2.75, 3.05) is 13.7 Å². The third kappa shape index (κ3) is 4.44. The molecule has 0 aliphatic heterocycles. The minimum absolute atomic E-state index is 0.247. The Morgan fingerprint density at radius 1 is 1.29 bits per heavy atom. The van der Waals surface area contributed by atoms with Gasteiger partial charge in [-0.05, 0) is 24.1 Å². The van der Waals surface area contributed by atoms with Crippen molar-refractivity contribution in [1.29, 1.82) is 0 Å². The Bertz CT molecular complexity index is 565. The molecule has 0 spiro atoms. The lowest BCUT2D eigenvalue weighted by Crippen LogP contribution is -2.25. The quantitative estimate of drug-likeness (QED) is 0.820. The van der Waals surface area contributed by atoms with Gasteiger partial charge in [-0.3, -0.25) is 4.79 Å². The van der Waals surface area contributed by atoms with E-state index < -0.39 is 6.10 Å². The molecule has 0 bridgehead atoms. The van der Waals surface area contributed by atoms with Crippen LogP contribution in [0.2, 0.25) is 0 Å². The zero-order valence-corrected chi connectivity index (χ0v) is 11.9. The molecule has 0 fully saturated rings. The van der Waals surface area contributed by atoms with Gasteiger partial charge in [-0.15, -0.1) is 0 Å². The molecule has 0 aliphatic rings. The van der Waals surface area contributed by atoms with Crippen molar-refractivity contribution in [2.24, 2.45) is 0 Å². The van der Waals surface area contributed by atoms with E-state index in [2.05, 4.69) is 5.32 Å². The fourth-order valence-electron chi connectivity index (χ4n) is 1.97. The van der Waals surface area contributed by atoms with Gasteiger partial charge >= 0.3 is 0 Å². The van der Waals surface area contributed by atoms with Crippen LogP contribution in [0.25, 0.3) is 0 Å². The molecule has 1 aromatic heterocycles. The van der Waals surface area contributed by atoms with E-state index in [1.165, 1.54) is 0 Å². The van der Waals surface area contributed by atoms with Gasteiger partial charge < -0.3 is 19.6 Å². The molecule has 1 heterocycles. The number of benzene rings is 1. The van der Waals surface area contributed by atoms with Crippen LogP contribution < -0.4 is 5.32 Å². The number of hydrogen-bond acceptors (Lipinski definition) is 4. The molecular weight excluding hydrogens is 270 g/mol. The number of nitrogens with one attached hydrogen (secondary N) is 1. The highest BCUT2D eigenvalue weighted by atomic mass is 16.5. The van der Waals surface area contributed by atoms with Crippen LogP contribution in [0.3, 0.4) is 0 Å². The van der Waals surface area contributed by atoms with Gasteiger partial charge in [-0.25, -0.2) is 0 Å². The minimum atomic E-state index is -0.591. The number of ether oxygens (including phenoxy) is 1. The molecule has 5 heteroatoms. The second-order valence-corrected chi connectivity index (χ2v) is 4.67. The zero-order valence-electron chi connectivity index (χ0n) is 11.9. The monoisotopic (exact) mass is 289 g/mol. The van der Waals surface area contributed by atoms with Crippen LogP contribution in [-0.4, -0.2) is 24.7 Å². The zero-order chi connectivity index (χ0) is 15.1. The molecule has 21 heavy (non-hydrogen) atoms. The minimum Gasteiger partial charge on any atom is -0.453 e. The molecule has 2 N–H and O–H groups in total. The molecule has 5 nitrogen and oxygen atoms in total. The standard InChI is InChI=1S/C16H19NO4/c1-20-11-13-7-8-15(21-13)16(19)17-10-9-14(18)12-5-3-2-4-6-12/h2-8,14,18H,9-11H2,1H3,(H,17,19). The highest BCUT2D eigenvalue weighted by molar-refractivity contribution is 5.91. The number of aliphatic hydroxyl groups is 1. The van der Waals surface area contributed by atoms with Crippen LogP contribution in [-0.2, 0) is 11.3 Å². The Hall–Kier alpha value is -2.11. The Balaban J connectivity index is 1.78. The van der Waals surface area contributed by atoms with Crippen molar-refractivity contribution in [2.45, 2.75) is 19.1 Å². The Morgan fingerprint density at radius 2 is 2.05 bits per heavy atom. The average molecular weight is 289 g/mol. The summed E-state index contributed by atoms with van der Waals surface area (Å²) < 4.78 is 10.3. The van der Waals surface area contributed by atoms with Crippen LogP contribution in [0.15, 0.2) is 46.9 Å². The lowest BCUT2D eigenvalue weighted by Gasteiger charge is -2.11. The number of methoxy groups -OCH3 is 1. The average Bonchev–Trinajstić information content (AvgIpc) is 2.97. The highest BCUT2D eigenvalue weighted by Crippen LogP contribution is 2.15. The van der Waals surface area contributed by atoms with E-state index >= 15 is 0 Å². The van der Waals surface area contributed by atoms with E-state index in [9.17, 15) is 9.90 Å². The van der Waals surface area contributed by atoms with E-state index in [0.29, 0.717) is 25.3 Å². The first-order chi connectivity index (χ1) is 10.2. The summed E-state index contributed by atoms with van der Waals surface area (Å²) >= 11 is 0. The number of aliphatic hydroxyl groups excluding tert-OH is 1. The number of amides is 1. The molecule has 2 rings (SSSR count). The number of hydrogen-bond donors (Lipinski definition) is 2. The Labute approximate surface area is 123 Å². The van der Waals surface area contributed by atoms with Gasteiger partial charge in [-0.2, -0.15) is 0 Å². The fourth-order valence-corrected chi connectivity index (χ4v) is 1.97. The summed E-state index contributed by atoms with van der Waals surface area (Å²) in [5.74, 6) is 0.556. The van der Waals surface area contributed by atoms with Crippen molar-refractivity contribution in [3.05, 3.63) is 59.5 Å². The lowest BCUT2D eigenvalue weighted by atomic mass is 10.1. The highest BCUT2D eigenvalue weighted by Gasteiger charge is 2.12. The maximum Gasteiger partial charge on any atom is 0.286 e. The van der Waals surface area contributed by atoms with Crippen molar-refractivity contribution in [3.8, 4) is 0 Å². The largest absolute Gasteiger partial charge is 0.453 e. The summed E-state index contributed by atoms with van der Waals surface area (Å²) in [4.78, 5) is 11.9. The van der Waals surface area contributed by atoms with Gasteiger partial charge in [-0.1, -0.05) is 30.3 Å². The summed E-state index contributed by atoms with van der Waals surface area (Å²) in [7, 11) is 1.56. The van der Waals surface area contributed by atoms with Gasteiger partial charge in [0.15, 0.2) is 5.76 Å². The number of carbonyl (C=O) groups excluding carboxylic acids is 1. The smallest absolute Gasteiger partial charge is 0.286 e. The Kier molecular flexibility index (Phi) is 5.54. The van der Waals surface area contributed by atoms with Crippen LogP contribution in [0.5, 0.6) is 0 Å². The summed E-state index contributed by atoms with van der Waals surface area (Å²) in [5.41, 5.74) is 0.840. The van der Waals surface area contributed by atoms with E-state index in [1.54, 1.807) is 19.2 Å². The van der Waals surface area contributed by atoms with Gasteiger partial charge in [0.1, 0.15) is 12.4 Å². The van der Waals surface area contributed by atoms with Crippen LogP contribution >= 0.6 is 0 Å². The van der Waals surface area contributed by atoms with Gasteiger partial charge in [0.25, 0.3) is 5.91 Å². The normalized spacial score (nSPS) is 12.1. The maximum atomic E-state index is 11.9. The van der Waals surface area contributed by atoms with Gasteiger partial charge in [0.05, 0.1) is 6.10 Å². The molecule has 0 saturated carbocycles. The molecule has 1 unspecified atom stereocenters. The third-order valence-corrected chi connectivity index (χ3v) is 3.06. The summed E-state index contributed by atoms with van der Waals surface area (Å²) in [6, 6.07) is 12.7. The number of rotatable bonds is 7. The predicted octanol–water partition coefficient (Wildman–Crippen LogP) is 2.28. The third-order valence-electron chi connectivity index (χ3n) is 3.06. The lowest BCUT2D eigenvalue weighted by molar-refractivity contribution is 0.0906. The van der Waals surface area contributed by atoms with Crippen molar-refractivity contribution in [3.63, 3.8) is 0 Å². The summed E-state index contributed by atoms with van der Waals surface area (Å²) in [6.45, 7) is 0.704. The topological polar surface area (TPSA) is 71.7 Å². The first-order valence-corrected chi connectivity index (χ1v) is 6.79. The molecular formula is C16H19NO4. The molecule has 2 aromatic rings. The fraction of sp³-hybridized carbons (Fsp3) is 0.312. The molecule has 112 valence electrons. The summed E-state index contributed by atoms with van der Waals surface area (Å²) in [5, 5.41) is 12.7. The number of carbonyl (C=O) groups is 1. The molecule has 0 radical (unpaired) electrons. The molecule has 1 aromatic carbocycles. The predicted molar refractivity (Wildman–Crippen MR) is 77.8 cm³/mol. The van der Waals surface area contributed by atoms with E-state index in [-0.39, 0.29) is 11.7 Å². The first-order valence-electron chi connectivity index (χ1n) is 6.79. The SMILES string of the molecule is COCc1ccc(C(=O)NCCC(O)c2ccccc2)o1. The molecule has 0 saturated heterocycles. The van der Waals surface area contributed by atoms with Crippen molar-refractivity contribution < 1.29 is 19.1 Å². The molecule has 1 atom stereocenters. The van der Waals surface area contributed by atoms with E-state index in [4.69, 9.17) is 9.15 Å².